The van der Waals surface area contributed by atoms with E-state index in [0.717, 1.165) is 0 Å². The van der Waals surface area contributed by atoms with Crippen molar-refractivity contribution >= 4 is 0 Å². The van der Waals surface area contributed by atoms with Crippen LogP contribution in [0.2, 0.25) is 0 Å². The van der Waals surface area contributed by atoms with Gasteiger partial charge in [-0.05, 0) is 24.3 Å². The predicted molar refractivity (Wildman–Crippen MR) is 55.7 cm³/mol. The topological polar surface area (TPSA) is 42.6 Å². The summed E-state index contributed by atoms with van der Waals surface area (Å²) in [4.78, 5) is 0. The standard InChI is InChI=1S/C12H11FO3/c1-15-11-3-2-9(13)6-10(11)12(14)8-4-5-16-7-8/h2-7,12,14H,1H3. The van der Waals surface area contributed by atoms with Crippen molar-refractivity contribution in [1.82, 2.24) is 0 Å². The Bertz CT molecular complexity index is 465. The molecule has 1 aromatic carbocycles. The van der Waals surface area contributed by atoms with Crippen LogP contribution in [0.1, 0.15) is 17.2 Å². The number of rotatable bonds is 3. The molecule has 0 fully saturated rings. The smallest absolute Gasteiger partial charge is 0.125 e. The van der Waals surface area contributed by atoms with Gasteiger partial charge in [0.05, 0.1) is 19.6 Å². The van der Waals surface area contributed by atoms with E-state index < -0.39 is 11.9 Å². The molecule has 0 aliphatic carbocycles. The quantitative estimate of drug-likeness (QED) is 0.867. The number of benzene rings is 1. The van der Waals surface area contributed by atoms with Crippen LogP contribution in [0.4, 0.5) is 4.39 Å². The molecule has 0 aliphatic rings. The Hall–Kier alpha value is -1.81. The van der Waals surface area contributed by atoms with Gasteiger partial charge in [0.15, 0.2) is 0 Å². The fourth-order valence-electron chi connectivity index (χ4n) is 1.53. The zero-order chi connectivity index (χ0) is 11.5. The highest BCUT2D eigenvalue weighted by atomic mass is 19.1. The van der Waals surface area contributed by atoms with Crippen LogP contribution < -0.4 is 4.74 Å². The van der Waals surface area contributed by atoms with E-state index in [0.29, 0.717) is 16.9 Å². The minimum absolute atomic E-state index is 0.379. The van der Waals surface area contributed by atoms with Gasteiger partial charge in [0.2, 0.25) is 0 Å². The van der Waals surface area contributed by atoms with E-state index in [1.54, 1.807) is 6.07 Å². The number of halogens is 1. The van der Waals surface area contributed by atoms with Crippen molar-refractivity contribution in [3.05, 3.63) is 53.7 Å². The van der Waals surface area contributed by atoms with Crippen LogP contribution in [0.25, 0.3) is 0 Å². The molecule has 0 saturated carbocycles. The first kappa shape index (κ1) is 10.7. The second kappa shape index (κ2) is 4.37. The molecule has 0 saturated heterocycles. The number of aliphatic hydroxyl groups excluding tert-OH is 1. The molecule has 4 heteroatoms. The van der Waals surface area contributed by atoms with Gasteiger partial charge < -0.3 is 14.3 Å². The van der Waals surface area contributed by atoms with Crippen LogP contribution in [-0.2, 0) is 0 Å². The van der Waals surface area contributed by atoms with Gasteiger partial charge in [0.25, 0.3) is 0 Å². The van der Waals surface area contributed by atoms with E-state index in [1.165, 1.54) is 37.8 Å². The largest absolute Gasteiger partial charge is 0.496 e. The molecule has 16 heavy (non-hydrogen) atoms. The molecular weight excluding hydrogens is 211 g/mol. The fraction of sp³-hybridized carbons (Fsp3) is 0.167. The summed E-state index contributed by atoms with van der Waals surface area (Å²) in [5, 5.41) is 10.0. The summed E-state index contributed by atoms with van der Waals surface area (Å²) in [5.41, 5.74) is 0.938. The molecule has 1 aromatic heterocycles. The highest BCUT2D eigenvalue weighted by Gasteiger charge is 2.17. The summed E-state index contributed by atoms with van der Waals surface area (Å²) >= 11 is 0. The summed E-state index contributed by atoms with van der Waals surface area (Å²) in [7, 11) is 1.47. The molecular formula is C12H11FO3. The maximum Gasteiger partial charge on any atom is 0.125 e. The Kier molecular flexibility index (Phi) is 2.92. The first-order valence-electron chi connectivity index (χ1n) is 4.76. The number of aliphatic hydroxyl groups is 1. The number of hydrogen-bond donors (Lipinski definition) is 1. The van der Waals surface area contributed by atoms with Crippen LogP contribution in [0, 0.1) is 5.82 Å². The van der Waals surface area contributed by atoms with Gasteiger partial charge in [-0.1, -0.05) is 0 Å². The van der Waals surface area contributed by atoms with E-state index in [1.807, 2.05) is 0 Å². The second-order valence-electron chi connectivity index (χ2n) is 3.35. The lowest BCUT2D eigenvalue weighted by Crippen LogP contribution is -2.01. The maximum absolute atomic E-state index is 13.1. The van der Waals surface area contributed by atoms with Gasteiger partial charge in [-0.15, -0.1) is 0 Å². The summed E-state index contributed by atoms with van der Waals surface area (Å²) in [6, 6.07) is 5.63. The number of hydrogen-bond acceptors (Lipinski definition) is 3. The van der Waals surface area contributed by atoms with E-state index in [2.05, 4.69) is 0 Å². The van der Waals surface area contributed by atoms with Gasteiger partial charge in [0.1, 0.15) is 17.7 Å². The van der Waals surface area contributed by atoms with Crippen LogP contribution in [0.5, 0.6) is 5.75 Å². The van der Waals surface area contributed by atoms with E-state index in [9.17, 15) is 9.50 Å². The molecule has 0 spiro atoms. The van der Waals surface area contributed by atoms with Crippen molar-refractivity contribution in [1.29, 1.82) is 0 Å². The lowest BCUT2D eigenvalue weighted by Gasteiger charge is -2.13. The van der Waals surface area contributed by atoms with Gasteiger partial charge in [-0.3, -0.25) is 0 Å². The second-order valence-corrected chi connectivity index (χ2v) is 3.35. The molecule has 2 aromatic rings. The highest BCUT2D eigenvalue weighted by molar-refractivity contribution is 5.39. The Morgan fingerprint density at radius 3 is 2.81 bits per heavy atom. The first-order valence-corrected chi connectivity index (χ1v) is 4.76. The third-order valence-electron chi connectivity index (χ3n) is 2.35. The first-order chi connectivity index (χ1) is 7.72. The Labute approximate surface area is 92.1 Å². The minimum atomic E-state index is -0.954. The Morgan fingerprint density at radius 2 is 2.19 bits per heavy atom. The van der Waals surface area contributed by atoms with Crippen LogP contribution >= 0.6 is 0 Å². The third-order valence-corrected chi connectivity index (χ3v) is 2.35. The van der Waals surface area contributed by atoms with Crippen molar-refractivity contribution in [2.24, 2.45) is 0 Å². The fourth-order valence-corrected chi connectivity index (χ4v) is 1.53. The molecule has 3 nitrogen and oxygen atoms in total. The lowest BCUT2D eigenvalue weighted by atomic mass is 10.0. The van der Waals surface area contributed by atoms with E-state index in [4.69, 9.17) is 9.15 Å². The average Bonchev–Trinajstić information content (AvgIpc) is 2.81. The minimum Gasteiger partial charge on any atom is -0.496 e. The SMILES string of the molecule is COc1ccc(F)cc1C(O)c1ccoc1. The van der Waals surface area contributed by atoms with E-state index in [-0.39, 0.29) is 0 Å². The zero-order valence-electron chi connectivity index (χ0n) is 8.68. The lowest BCUT2D eigenvalue weighted by molar-refractivity contribution is 0.213. The van der Waals surface area contributed by atoms with Gasteiger partial charge in [-0.2, -0.15) is 0 Å². The van der Waals surface area contributed by atoms with Crippen molar-refractivity contribution in [2.45, 2.75) is 6.10 Å². The number of furan rings is 1. The molecule has 84 valence electrons. The Balaban J connectivity index is 2.42. The molecule has 1 N–H and O–H groups in total. The average molecular weight is 222 g/mol. The van der Waals surface area contributed by atoms with E-state index >= 15 is 0 Å². The molecule has 2 rings (SSSR count). The molecule has 1 atom stereocenters. The molecule has 1 unspecified atom stereocenters. The molecule has 0 bridgehead atoms. The van der Waals surface area contributed by atoms with Crippen molar-refractivity contribution in [2.75, 3.05) is 7.11 Å². The van der Waals surface area contributed by atoms with Gasteiger partial charge in [-0.25, -0.2) is 4.39 Å². The Morgan fingerprint density at radius 1 is 1.38 bits per heavy atom. The molecule has 0 aliphatic heterocycles. The molecule has 0 amide bonds. The third kappa shape index (κ3) is 1.92. The number of methoxy groups -OCH3 is 1. The maximum atomic E-state index is 13.1. The van der Waals surface area contributed by atoms with Crippen LogP contribution in [0.3, 0.4) is 0 Å². The van der Waals surface area contributed by atoms with Crippen molar-refractivity contribution in [3.63, 3.8) is 0 Å². The van der Waals surface area contributed by atoms with Gasteiger partial charge in [0, 0.05) is 11.1 Å². The molecule has 0 radical (unpaired) electrons. The zero-order valence-corrected chi connectivity index (χ0v) is 8.68. The van der Waals surface area contributed by atoms with Crippen LogP contribution in [-0.4, -0.2) is 12.2 Å². The van der Waals surface area contributed by atoms with Gasteiger partial charge >= 0.3 is 0 Å². The molecule has 1 heterocycles. The normalized spacial score (nSPS) is 12.4. The summed E-state index contributed by atoms with van der Waals surface area (Å²) in [6.07, 6.45) is 1.91. The van der Waals surface area contributed by atoms with Crippen molar-refractivity contribution < 1.29 is 18.7 Å². The van der Waals surface area contributed by atoms with Crippen molar-refractivity contribution in [3.8, 4) is 5.75 Å². The predicted octanol–water partition coefficient (Wildman–Crippen LogP) is 2.51. The highest BCUT2D eigenvalue weighted by Crippen LogP contribution is 2.30. The summed E-state index contributed by atoms with van der Waals surface area (Å²) in [5.74, 6) is 0.0217. The number of ether oxygens (including phenoxy) is 1. The van der Waals surface area contributed by atoms with Crippen LogP contribution in [0.15, 0.2) is 41.2 Å². The summed E-state index contributed by atoms with van der Waals surface area (Å²) in [6.45, 7) is 0. The summed E-state index contributed by atoms with van der Waals surface area (Å²) < 4.78 is 23.0. The monoisotopic (exact) mass is 222 g/mol.